The number of aromatic nitrogens is 1. The van der Waals surface area contributed by atoms with Gasteiger partial charge in [0.1, 0.15) is 11.4 Å². The highest BCUT2D eigenvalue weighted by Crippen LogP contribution is 2.39. The molecule has 1 aliphatic rings. The number of rotatable bonds is 5. The molecule has 0 saturated carbocycles. The van der Waals surface area contributed by atoms with Gasteiger partial charge < -0.3 is 20.1 Å². The van der Waals surface area contributed by atoms with Gasteiger partial charge >= 0.3 is 6.18 Å². The van der Waals surface area contributed by atoms with E-state index in [1.807, 2.05) is 38.1 Å². The van der Waals surface area contributed by atoms with E-state index < -0.39 is 12.8 Å². The summed E-state index contributed by atoms with van der Waals surface area (Å²) in [6.07, 6.45) is -2.25. The van der Waals surface area contributed by atoms with Crippen LogP contribution in [0.15, 0.2) is 47.6 Å². The molecule has 6 nitrogen and oxygen atoms in total. The van der Waals surface area contributed by atoms with Crippen LogP contribution >= 0.6 is 0 Å². The van der Waals surface area contributed by atoms with E-state index in [1.165, 1.54) is 12.3 Å². The van der Waals surface area contributed by atoms with Crippen molar-refractivity contribution in [2.24, 2.45) is 4.99 Å². The Hall–Kier alpha value is -2.97. The van der Waals surface area contributed by atoms with Crippen molar-refractivity contribution in [2.75, 3.05) is 13.7 Å². The zero-order chi connectivity index (χ0) is 21.8. The molecule has 3 rings (SSSR count). The minimum atomic E-state index is -4.41. The monoisotopic (exact) mass is 422 g/mol. The largest absolute Gasteiger partial charge is 0.487 e. The van der Waals surface area contributed by atoms with E-state index in [-0.39, 0.29) is 17.5 Å². The van der Waals surface area contributed by atoms with Crippen molar-refractivity contribution < 1.29 is 22.6 Å². The lowest BCUT2D eigenvalue weighted by Crippen LogP contribution is -2.45. The Morgan fingerprint density at radius 3 is 2.80 bits per heavy atom. The number of para-hydroxylation sites is 1. The van der Waals surface area contributed by atoms with Gasteiger partial charge in [-0.25, -0.2) is 4.98 Å². The standard InChI is InChI=1S/C21H25F3N4O2/c1-20(2)11-16(15-6-4-5-7-17(15)30-20)28-19(25-3)27-12-14-8-9-26-18(10-14)29-13-21(22,23)24/h4-10,16H,11-13H2,1-3H3,(H2,25,27,28). The van der Waals surface area contributed by atoms with Crippen LogP contribution in [-0.4, -0.2) is 36.4 Å². The van der Waals surface area contributed by atoms with Gasteiger partial charge in [0.2, 0.25) is 5.88 Å². The van der Waals surface area contributed by atoms with Crippen molar-refractivity contribution in [3.05, 3.63) is 53.7 Å². The Bertz CT molecular complexity index is 900. The van der Waals surface area contributed by atoms with Gasteiger partial charge in [0.25, 0.3) is 0 Å². The van der Waals surface area contributed by atoms with E-state index in [4.69, 9.17) is 9.47 Å². The predicted octanol–water partition coefficient (Wildman–Crippen LogP) is 3.99. The van der Waals surface area contributed by atoms with E-state index in [2.05, 4.69) is 20.6 Å². The van der Waals surface area contributed by atoms with Crippen LogP contribution in [0.2, 0.25) is 0 Å². The summed E-state index contributed by atoms with van der Waals surface area (Å²) in [7, 11) is 1.66. The Morgan fingerprint density at radius 1 is 1.30 bits per heavy atom. The van der Waals surface area contributed by atoms with Crippen molar-refractivity contribution in [3.63, 3.8) is 0 Å². The Labute approximate surface area is 173 Å². The number of nitrogens with one attached hydrogen (secondary N) is 2. The second-order valence-electron chi connectivity index (χ2n) is 7.63. The average Bonchev–Trinajstić information content (AvgIpc) is 2.68. The van der Waals surface area contributed by atoms with Crippen LogP contribution in [0.3, 0.4) is 0 Å². The molecule has 0 fully saturated rings. The van der Waals surface area contributed by atoms with Crippen LogP contribution in [0.4, 0.5) is 13.2 Å². The van der Waals surface area contributed by atoms with Gasteiger partial charge in [-0.15, -0.1) is 0 Å². The molecule has 30 heavy (non-hydrogen) atoms. The number of benzene rings is 1. The third-order valence-electron chi connectivity index (χ3n) is 4.55. The van der Waals surface area contributed by atoms with Crippen molar-refractivity contribution in [1.82, 2.24) is 15.6 Å². The predicted molar refractivity (Wildman–Crippen MR) is 108 cm³/mol. The van der Waals surface area contributed by atoms with Gasteiger partial charge in [-0.2, -0.15) is 13.2 Å². The Kier molecular flexibility index (Phi) is 6.38. The maximum atomic E-state index is 12.3. The molecule has 0 aliphatic carbocycles. The molecule has 2 N–H and O–H groups in total. The number of fused-ring (bicyclic) bond motifs is 1. The zero-order valence-corrected chi connectivity index (χ0v) is 17.1. The van der Waals surface area contributed by atoms with E-state index in [0.717, 1.165) is 23.3 Å². The first kappa shape index (κ1) is 21.7. The highest BCUT2D eigenvalue weighted by molar-refractivity contribution is 5.80. The lowest BCUT2D eigenvalue weighted by atomic mass is 9.90. The quantitative estimate of drug-likeness (QED) is 0.563. The number of hydrogen-bond acceptors (Lipinski definition) is 4. The van der Waals surface area contributed by atoms with Gasteiger partial charge in [0.05, 0.1) is 6.04 Å². The average molecular weight is 422 g/mol. The molecule has 0 bridgehead atoms. The molecule has 1 aromatic carbocycles. The van der Waals surface area contributed by atoms with Gasteiger partial charge in [-0.3, -0.25) is 4.99 Å². The van der Waals surface area contributed by atoms with E-state index >= 15 is 0 Å². The molecule has 162 valence electrons. The minimum Gasteiger partial charge on any atom is -0.487 e. The van der Waals surface area contributed by atoms with Gasteiger partial charge in [-0.1, -0.05) is 18.2 Å². The molecule has 2 aromatic rings. The van der Waals surface area contributed by atoms with Crippen molar-refractivity contribution in [2.45, 2.75) is 44.6 Å². The second kappa shape index (κ2) is 8.81. The number of pyridine rings is 1. The molecular formula is C21H25F3N4O2. The molecular weight excluding hydrogens is 397 g/mol. The fraction of sp³-hybridized carbons (Fsp3) is 0.429. The van der Waals surface area contributed by atoms with E-state index in [9.17, 15) is 13.2 Å². The number of guanidine groups is 1. The van der Waals surface area contributed by atoms with E-state index in [0.29, 0.717) is 12.5 Å². The van der Waals surface area contributed by atoms with E-state index in [1.54, 1.807) is 13.1 Å². The summed E-state index contributed by atoms with van der Waals surface area (Å²) in [5, 5.41) is 6.59. The normalized spacial score (nSPS) is 18.2. The number of ether oxygens (including phenoxy) is 2. The third-order valence-corrected chi connectivity index (χ3v) is 4.55. The van der Waals surface area contributed by atoms with Crippen LogP contribution in [0, 0.1) is 0 Å². The Balaban J connectivity index is 1.63. The first-order valence-corrected chi connectivity index (χ1v) is 9.55. The molecule has 1 atom stereocenters. The maximum absolute atomic E-state index is 12.3. The molecule has 1 aliphatic heterocycles. The summed E-state index contributed by atoms with van der Waals surface area (Å²) in [6.45, 7) is 3.04. The fourth-order valence-electron chi connectivity index (χ4n) is 3.27. The van der Waals surface area contributed by atoms with Crippen LogP contribution in [0.25, 0.3) is 0 Å². The zero-order valence-electron chi connectivity index (χ0n) is 17.1. The number of aliphatic imine (C=N–C) groups is 1. The summed E-state index contributed by atoms with van der Waals surface area (Å²) < 4.78 is 47.7. The number of halogens is 3. The SMILES string of the molecule is CN=C(NCc1ccnc(OCC(F)(F)F)c1)NC1CC(C)(C)Oc2ccccc21. The Morgan fingerprint density at radius 2 is 2.07 bits per heavy atom. The van der Waals surface area contributed by atoms with Crippen molar-refractivity contribution in [3.8, 4) is 11.6 Å². The fourth-order valence-corrected chi connectivity index (χ4v) is 3.27. The van der Waals surface area contributed by atoms with Crippen LogP contribution in [0.1, 0.15) is 37.4 Å². The molecule has 1 unspecified atom stereocenters. The lowest BCUT2D eigenvalue weighted by Gasteiger charge is -2.38. The first-order valence-electron chi connectivity index (χ1n) is 9.55. The summed E-state index contributed by atoms with van der Waals surface area (Å²) in [6, 6.07) is 11.0. The number of nitrogens with zero attached hydrogens (tertiary/aromatic N) is 2. The highest BCUT2D eigenvalue weighted by Gasteiger charge is 2.34. The molecule has 0 radical (unpaired) electrons. The van der Waals surface area contributed by atoms with Crippen molar-refractivity contribution >= 4 is 5.96 Å². The van der Waals surface area contributed by atoms with Crippen LogP contribution < -0.4 is 20.1 Å². The molecule has 0 saturated heterocycles. The minimum absolute atomic E-state index is 0.000676. The lowest BCUT2D eigenvalue weighted by molar-refractivity contribution is -0.154. The van der Waals surface area contributed by atoms with Crippen LogP contribution in [-0.2, 0) is 6.54 Å². The van der Waals surface area contributed by atoms with Crippen molar-refractivity contribution in [1.29, 1.82) is 0 Å². The van der Waals surface area contributed by atoms with Gasteiger partial charge in [0, 0.05) is 37.8 Å². The molecule has 1 aromatic heterocycles. The molecule has 0 spiro atoms. The summed E-state index contributed by atoms with van der Waals surface area (Å²) >= 11 is 0. The summed E-state index contributed by atoms with van der Waals surface area (Å²) in [5.41, 5.74) is 1.44. The molecule has 0 amide bonds. The first-order chi connectivity index (χ1) is 14.1. The highest BCUT2D eigenvalue weighted by atomic mass is 19.4. The van der Waals surface area contributed by atoms with Gasteiger partial charge in [-0.05, 0) is 31.5 Å². The summed E-state index contributed by atoms with van der Waals surface area (Å²) in [4.78, 5) is 8.08. The third kappa shape index (κ3) is 6.01. The number of alkyl halides is 3. The summed E-state index contributed by atoms with van der Waals surface area (Å²) in [5.74, 6) is 1.33. The molecule has 2 heterocycles. The maximum Gasteiger partial charge on any atom is 0.422 e. The second-order valence-corrected chi connectivity index (χ2v) is 7.63. The molecule has 9 heteroatoms. The van der Waals surface area contributed by atoms with Gasteiger partial charge in [0.15, 0.2) is 12.6 Å². The number of hydrogen-bond donors (Lipinski definition) is 2. The smallest absolute Gasteiger partial charge is 0.422 e. The topological polar surface area (TPSA) is 67.8 Å². The van der Waals surface area contributed by atoms with Crippen LogP contribution in [0.5, 0.6) is 11.6 Å².